The van der Waals surface area contributed by atoms with Gasteiger partial charge in [0.05, 0.1) is 84.2 Å². The number of hydrogen-bond donors (Lipinski definition) is 3. The van der Waals surface area contributed by atoms with Gasteiger partial charge in [0.25, 0.3) is 0 Å². The third-order valence-electron chi connectivity index (χ3n) is 9.65. The maximum absolute atomic E-state index is 14.0. The highest BCUT2D eigenvalue weighted by molar-refractivity contribution is 5.97. The zero-order valence-electron chi connectivity index (χ0n) is 45.7. The van der Waals surface area contributed by atoms with Crippen molar-refractivity contribution in [3.05, 3.63) is 0 Å². The number of hydrogen-bond acceptors (Lipinski definition) is 17. The molecule has 5 atom stereocenters. The van der Waals surface area contributed by atoms with Crippen LogP contribution in [0, 0.1) is 23.7 Å². The van der Waals surface area contributed by atoms with E-state index in [0.717, 1.165) is 0 Å². The lowest BCUT2D eigenvalue weighted by Crippen LogP contribution is -2.49. The van der Waals surface area contributed by atoms with Gasteiger partial charge >= 0.3 is 23.9 Å². The Balaban J connectivity index is 5.51. The van der Waals surface area contributed by atoms with Crippen LogP contribution < -0.4 is 16.0 Å². The van der Waals surface area contributed by atoms with E-state index in [2.05, 4.69) is 16.0 Å². The predicted octanol–water partition coefficient (Wildman–Crippen LogP) is 4.92. The molecule has 71 heavy (non-hydrogen) atoms. The average Bonchev–Trinajstić information content (AvgIpc) is 3.19. The highest BCUT2D eigenvalue weighted by Gasteiger charge is 2.35. The van der Waals surface area contributed by atoms with Gasteiger partial charge in [0.1, 0.15) is 22.4 Å². The second kappa shape index (κ2) is 32.5. The van der Waals surface area contributed by atoms with Crippen molar-refractivity contribution in [2.45, 2.75) is 190 Å². The Kier molecular flexibility index (Phi) is 30.4. The molecule has 0 aliphatic heterocycles. The molecule has 0 aromatic rings. The van der Waals surface area contributed by atoms with Gasteiger partial charge < -0.3 is 53.8 Å². The summed E-state index contributed by atoms with van der Waals surface area (Å²) in [6.07, 6.45) is -1.84. The molecule has 20 nitrogen and oxygen atoms in total. The lowest BCUT2D eigenvalue weighted by Gasteiger charge is -2.27. The number of nitrogens with one attached hydrogen (secondary N) is 3. The number of carbonyl (C=O) groups is 9. The first kappa shape index (κ1) is 66.5. The molecule has 0 saturated carbocycles. The summed E-state index contributed by atoms with van der Waals surface area (Å²) in [6.45, 7) is 29.3. The quantitative estimate of drug-likeness (QED) is 0.0439. The van der Waals surface area contributed by atoms with Crippen LogP contribution in [0.2, 0.25) is 0 Å². The maximum Gasteiger partial charge on any atom is 0.308 e. The van der Waals surface area contributed by atoms with Crippen LogP contribution >= 0.6 is 0 Å². The normalized spacial score (nSPS) is 14.3. The van der Waals surface area contributed by atoms with Crippen molar-refractivity contribution in [2.24, 2.45) is 23.7 Å². The van der Waals surface area contributed by atoms with E-state index >= 15 is 0 Å². The monoisotopic (exact) mass is 1020 g/mol. The smallest absolute Gasteiger partial charge is 0.308 e. The van der Waals surface area contributed by atoms with Gasteiger partial charge in [-0.25, -0.2) is 0 Å². The molecule has 0 aliphatic carbocycles. The fourth-order valence-corrected chi connectivity index (χ4v) is 6.34. The molecule has 0 radical (unpaired) electrons. The lowest BCUT2D eigenvalue weighted by atomic mass is 9.86. The van der Waals surface area contributed by atoms with Crippen LogP contribution in [-0.2, 0) is 81.0 Å². The molecular formula is C51H89N3O17. The van der Waals surface area contributed by atoms with Gasteiger partial charge in [-0.2, -0.15) is 0 Å². The van der Waals surface area contributed by atoms with Gasteiger partial charge in [-0.15, -0.1) is 0 Å². The zero-order chi connectivity index (χ0) is 54.8. The Morgan fingerprint density at radius 3 is 1.24 bits per heavy atom. The van der Waals surface area contributed by atoms with Crippen LogP contribution in [0.4, 0.5) is 0 Å². The lowest BCUT2D eigenvalue weighted by molar-refractivity contribution is -0.158. The van der Waals surface area contributed by atoms with Gasteiger partial charge in [0.15, 0.2) is 11.6 Å². The molecule has 0 heterocycles. The standard InChI is InChI=1S/C51H89N3O17/c1-33(2)36(31-40(56)37(17-18-41(57)68-48(5,6)7)53-46(62)35(4)30-43(59)70-50(11,12)13)47(63)54-38(32-44(60)71-51(14,15)16)39(55)29-34(3)45(61)52-20-22-65-24-26-67-28-27-66-25-23-64-21-19-42(58)69-49(8,9)10/h33-38H,17-32H2,1-16H3,(H,52,61)(H,53,62)(H,54,63)/t34-,35+,36+,37+,38+/m1/s1. The summed E-state index contributed by atoms with van der Waals surface area (Å²) >= 11 is 0. The Morgan fingerprint density at radius 2 is 0.775 bits per heavy atom. The van der Waals surface area contributed by atoms with E-state index < -0.39 is 118 Å². The van der Waals surface area contributed by atoms with E-state index in [0.29, 0.717) is 26.4 Å². The SMILES string of the molecule is CC(C)[C@H](CC(=O)[C@H](CCC(=O)OC(C)(C)C)NC(=O)[C@@H](C)CC(=O)OC(C)(C)C)C(=O)N[C@@H](CC(=O)OC(C)(C)C)C(=O)C[C@@H](C)C(=O)NCCOCCOCCOCCOCCC(=O)OC(C)(C)C. The second-order valence-electron chi connectivity index (χ2n) is 21.9. The van der Waals surface area contributed by atoms with Gasteiger partial charge in [0.2, 0.25) is 17.7 Å². The summed E-state index contributed by atoms with van der Waals surface area (Å²) in [5.41, 5.74) is -3.05. The first-order chi connectivity index (χ1) is 32.6. The van der Waals surface area contributed by atoms with Crippen molar-refractivity contribution in [1.82, 2.24) is 16.0 Å². The molecule has 0 aliphatic rings. The number of Topliss-reactive ketones (excluding diaryl/α,β-unsaturated/α-hetero) is 2. The second-order valence-corrected chi connectivity index (χ2v) is 21.9. The Hall–Kier alpha value is -4.53. The Labute approximate surface area is 422 Å². The number of esters is 4. The van der Waals surface area contributed by atoms with Crippen molar-refractivity contribution in [3.63, 3.8) is 0 Å². The fraction of sp³-hybridized carbons (Fsp3) is 0.824. The molecule has 0 spiro atoms. The van der Waals surface area contributed by atoms with Crippen LogP contribution in [-0.4, -0.2) is 147 Å². The molecular weight excluding hydrogens is 927 g/mol. The molecule has 3 amide bonds. The van der Waals surface area contributed by atoms with Gasteiger partial charge in [-0.3, -0.25) is 43.2 Å². The fourth-order valence-electron chi connectivity index (χ4n) is 6.34. The highest BCUT2D eigenvalue weighted by atomic mass is 16.6. The highest BCUT2D eigenvalue weighted by Crippen LogP contribution is 2.22. The van der Waals surface area contributed by atoms with Crippen molar-refractivity contribution < 1.29 is 81.0 Å². The van der Waals surface area contributed by atoms with Crippen molar-refractivity contribution in [3.8, 4) is 0 Å². The van der Waals surface area contributed by atoms with Crippen LogP contribution in [0.5, 0.6) is 0 Å². The number of ketones is 2. The van der Waals surface area contributed by atoms with E-state index in [9.17, 15) is 43.2 Å². The minimum atomic E-state index is -1.42. The van der Waals surface area contributed by atoms with Crippen molar-refractivity contribution >= 4 is 53.2 Å². The molecule has 0 saturated heterocycles. The minimum Gasteiger partial charge on any atom is -0.460 e. The van der Waals surface area contributed by atoms with Crippen LogP contribution in [0.3, 0.4) is 0 Å². The number of carbonyl (C=O) groups excluding carboxylic acids is 9. The number of rotatable bonds is 34. The third kappa shape index (κ3) is 35.3. The molecule has 0 rings (SSSR count). The third-order valence-corrected chi connectivity index (χ3v) is 9.65. The summed E-state index contributed by atoms with van der Waals surface area (Å²) in [7, 11) is 0. The van der Waals surface area contributed by atoms with E-state index in [-0.39, 0.29) is 71.0 Å². The Bertz CT molecular complexity index is 1700. The van der Waals surface area contributed by atoms with Crippen molar-refractivity contribution in [2.75, 3.05) is 59.4 Å². The maximum atomic E-state index is 14.0. The predicted molar refractivity (Wildman–Crippen MR) is 263 cm³/mol. The summed E-state index contributed by atoms with van der Waals surface area (Å²) in [6, 6.07) is -2.67. The number of amides is 3. The Morgan fingerprint density at radius 1 is 0.394 bits per heavy atom. The summed E-state index contributed by atoms with van der Waals surface area (Å²) in [5, 5.41) is 8.01. The minimum absolute atomic E-state index is 0.137. The molecule has 0 aromatic heterocycles. The number of ether oxygens (including phenoxy) is 8. The van der Waals surface area contributed by atoms with Crippen molar-refractivity contribution in [1.29, 1.82) is 0 Å². The van der Waals surface area contributed by atoms with Gasteiger partial charge in [-0.05, 0) is 95.4 Å². The van der Waals surface area contributed by atoms with Crippen LogP contribution in [0.1, 0.15) is 156 Å². The van der Waals surface area contributed by atoms with Crippen LogP contribution in [0.25, 0.3) is 0 Å². The van der Waals surface area contributed by atoms with E-state index in [1.807, 2.05) is 0 Å². The van der Waals surface area contributed by atoms with E-state index in [1.54, 1.807) is 96.9 Å². The first-order valence-electron chi connectivity index (χ1n) is 24.7. The van der Waals surface area contributed by atoms with E-state index in [1.165, 1.54) is 13.8 Å². The summed E-state index contributed by atoms with van der Waals surface area (Å²) in [4.78, 5) is 118. The largest absolute Gasteiger partial charge is 0.460 e. The molecule has 410 valence electrons. The molecule has 0 fully saturated rings. The van der Waals surface area contributed by atoms with Gasteiger partial charge in [-0.1, -0.05) is 27.7 Å². The zero-order valence-corrected chi connectivity index (χ0v) is 45.7. The summed E-state index contributed by atoms with van der Waals surface area (Å²) < 4.78 is 43.3. The molecule has 0 aromatic carbocycles. The first-order valence-corrected chi connectivity index (χ1v) is 24.7. The molecule has 0 unspecified atom stereocenters. The topological polar surface area (TPSA) is 264 Å². The van der Waals surface area contributed by atoms with Crippen LogP contribution in [0.15, 0.2) is 0 Å². The average molecular weight is 1020 g/mol. The summed E-state index contributed by atoms with van der Waals surface area (Å²) in [5.74, 6) is -8.69. The van der Waals surface area contributed by atoms with E-state index in [4.69, 9.17) is 37.9 Å². The molecule has 3 N–H and O–H groups in total. The van der Waals surface area contributed by atoms with Gasteiger partial charge in [0, 0.05) is 43.6 Å². The molecule has 0 bridgehead atoms. The molecule has 20 heteroatoms.